The van der Waals surface area contributed by atoms with Gasteiger partial charge in [0.25, 0.3) is 0 Å². The molecule has 1 aromatic carbocycles. The minimum absolute atomic E-state index is 0.975. The molecular weight excluding hydrogens is 374 g/mol. The SMILES string of the molecule is CCCCCCCCCc1cc[n+](Cc2ccccc2)cc1CCCCCCCCC. The molecule has 2 rings (SSSR count). The molecule has 172 valence electrons. The molecule has 0 unspecified atom stereocenters. The molecule has 0 atom stereocenters. The molecular formula is C30H48N+. The van der Waals surface area contributed by atoms with E-state index in [2.05, 4.69) is 67.2 Å². The number of pyridine rings is 1. The van der Waals surface area contributed by atoms with Crippen LogP contribution in [0.25, 0.3) is 0 Å². The molecule has 0 spiro atoms. The van der Waals surface area contributed by atoms with E-state index in [1.165, 1.54) is 108 Å². The average Bonchev–Trinajstić information content (AvgIpc) is 2.79. The van der Waals surface area contributed by atoms with E-state index in [0.29, 0.717) is 0 Å². The Morgan fingerprint density at radius 3 is 1.65 bits per heavy atom. The predicted molar refractivity (Wildman–Crippen MR) is 136 cm³/mol. The quantitative estimate of drug-likeness (QED) is 0.167. The van der Waals surface area contributed by atoms with Gasteiger partial charge in [0.1, 0.15) is 0 Å². The van der Waals surface area contributed by atoms with Crippen LogP contribution in [0, 0.1) is 0 Å². The number of hydrogen-bond acceptors (Lipinski definition) is 0. The molecule has 1 heteroatoms. The first kappa shape index (κ1) is 25.6. The Morgan fingerprint density at radius 2 is 1.06 bits per heavy atom. The van der Waals surface area contributed by atoms with Gasteiger partial charge in [-0.05, 0) is 31.2 Å². The average molecular weight is 423 g/mol. The van der Waals surface area contributed by atoms with Crippen molar-refractivity contribution >= 4 is 0 Å². The first-order valence-corrected chi connectivity index (χ1v) is 13.4. The maximum Gasteiger partial charge on any atom is 0.173 e. The Bertz CT molecular complexity index is 676. The van der Waals surface area contributed by atoms with Crippen molar-refractivity contribution in [1.82, 2.24) is 0 Å². The van der Waals surface area contributed by atoms with Crippen molar-refractivity contribution in [3.8, 4) is 0 Å². The lowest BCUT2D eigenvalue weighted by Gasteiger charge is -2.10. The monoisotopic (exact) mass is 422 g/mol. The van der Waals surface area contributed by atoms with Crippen molar-refractivity contribution < 1.29 is 4.57 Å². The highest BCUT2D eigenvalue weighted by Gasteiger charge is 2.10. The largest absolute Gasteiger partial charge is 0.200 e. The summed E-state index contributed by atoms with van der Waals surface area (Å²) in [7, 11) is 0. The molecule has 0 saturated heterocycles. The molecule has 1 nitrogen and oxygen atoms in total. The second-order valence-corrected chi connectivity index (χ2v) is 9.40. The molecule has 2 aromatic rings. The van der Waals surface area contributed by atoms with Crippen LogP contribution in [0.3, 0.4) is 0 Å². The second kappa shape index (κ2) is 17.0. The normalized spacial score (nSPS) is 11.2. The molecule has 31 heavy (non-hydrogen) atoms. The summed E-state index contributed by atoms with van der Waals surface area (Å²) >= 11 is 0. The molecule has 0 aliphatic rings. The topological polar surface area (TPSA) is 3.88 Å². The minimum atomic E-state index is 0.975. The molecule has 1 heterocycles. The van der Waals surface area contributed by atoms with Gasteiger partial charge in [0.15, 0.2) is 18.9 Å². The van der Waals surface area contributed by atoms with E-state index < -0.39 is 0 Å². The fourth-order valence-electron chi connectivity index (χ4n) is 4.53. The molecule has 0 amide bonds. The maximum absolute atomic E-state index is 2.45. The number of aryl methyl sites for hydroxylation is 2. The van der Waals surface area contributed by atoms with Gasteiger partial charge >= 0.3 is 0 Å². The van der Waals surface area contributed by atoms with E-state index >= 15 is 0 Å². The Kier molecular flexibility index (Phi) is 14.0. The molecule has 0 fully saturated rings. The first-order chi connectivity index (χ1) is 15.3. The van der Waals surface area contributed by atoms with Crippen molar-refractivity contribution in [3.05, 3.63) is 65.5 Å². The standard InChI is InChI=1S/C30H48N/c1-3-5-7-9-11-13-18-22-29-24-25-31(26-28-20-16-15-17-21-28)27-30(29)23-19-14-12-10-8-6-4-2/h15-17,20-21,24-25,27H,3-14,18-19,22-23,26H2,1-2H3/q+1. The van der Waals surface area contributed by atoms with E-state index in [0.717, 1.165) is 6.54 Å². The molecule has 0 radical (unpaired) electrons. The van der Waals surface area contributed by atoms with Gasteiger partial charge in [-0.25, -0.2) is 4.57 Å². The third kappa shape index (κ3) is 11.5. The predicted octanol–water partition coefficient (Wildman–Crippen LogP) is 8.61. The molecule has 1 aromatic heterocycles. The summed E-state index contributed by atoms with van der Waals surface area (Å²) in [6.07, 6.45) is 26.7. The van der Waals surface area contributed by atoms with Crippen LogP contribution in [0.4, 0.5) is 0 Å². The van der Waals surface area contributed by atoms with Crippen LogP contribution in [-0.2, 0) is 19.4 Å². The molecule has 0 saturated carbocycles. The van der Waals surface area contributed by atoms with E-state index in [4.69, 9.17) is 0 Å². The summed E-state index contributed by atoms with van der Waals surface area (Å²) in [4.78, 5) is 0. The zero-order valence-corrected chi connectivity index (χ0v) is 20.6. The summed E-state index contributed by atoms with van der Waals surface area (Å²) in [5.41, 5.74) is 4.58. The van der Waals surface area contributed by atoms with E-state index in [9.17, 15) is 0 Å². The summed E-state index contributed by atoms with van der Waals surface area (Å²) in [5.74, 6) is 0. The number of hydrogen-bond donors (Lipinski definition) is 0. The van der Waals surface area contributed by atoms with Gasteiger partial charge in [0, 0.05) is 17.2 Å². The number of unbranched alkanes of at least 4 members (excludes halogenated alkanes) is 12. The summed E-state index contributed by atoms with van der Waals surface area (Å²) < 4.78 is 2.39. The van der Waals surface area contributed by atoms with Crippen molar-refractivity contribution in [2.75, 3.05) is 0 Å². The highest BCUT2D eigenvalue weighted by Crippen LogP contribution is 2.17. The number of benzene rings is 1. The van der Waals surface area contributed by atoms with Gasteiger partial charge in [-0.1, -0.05) is 121 Å². The van der Waals surface area contributed by atoms with Crippen molar-refractivity contribution in [2.24, 2.45) is 0 Å². The van der Waals surface area contributed by atoms with Crippen LogP contribution >= 0.6 is 0 Å². The van der Waals surface area contributed by atoms with Crippen LogP contribution < -0.4 is 4.57 Å². The fourth-order valence-corrected chi connectivity index (χ4v) is 4.53. The molecule has 0 N–H and O–H groups in total. The summed E-state index contributed by atoms with van der Waals surface area (Å²) in [5, 5.41) is 0. The third-order valence-electron chi connectivity index (χ3n) is 6.51. The van der Waals surface area contributed by atoms with Gasteiger partial charge in [-0.3, -0.25) is 0 Å². The lowest BCUT2D eigenvalue weighted by atomic mass is 9.97. The van der Waals surface area contributed by atoms with Gasteiger partial charge in [-0.2, -0.15) is 0 Å². The van der Waals surface area contributed by atoms with Crippen molar-refractivity contribution in [3.63, 3.8) is 0 Å². The van der Waals surface area contributed by atoms with Gasteiger partial charge in [0.05, 0.1) is 0 Å². The Morgan fingerprint density at radius 1 is 0.548 bits per heavy atom. The Labute approximate surface area is 193 Å². The van der Waals surface area contributed by atoms with E-state index in [-0.39, 0.29) is 0 Å². The van der Waals surface area contributed by atoms with Crippen LogP contribution in [0.2, 0.25) is 0 Å². The zero-order chi connectivity index (χ0) is 22.0. The lowest BCUT2D eigenvalue weighted by molar-refractivity contribution is -0.688. The summed E-state index contributed by atoms with van der Waals surface area (Å²) in [6, 6.07) is 13.3. The van der Waals surface area contributed by atoms with Crippen LogP contribution in [-0.4, -0.2) is 0 Å². The summed E-state index contributed by atoms with van der Waals surface area (Å²) in [6.45, 7) is 5.57. The molecule has 0 bridgehead atoms. The highest BCUT2D eigenvalue weighted by atomic mass is 14.9. The van der Waals surface area contributed by atoms with Crippen LogP contribution in [0.1, 0.15) is 120 Å². The first-order valence-electron chi connectivity index (χ1n) is 13.4. The van der Waals surface area contributed by atoms with Crippen LogP contribution in [0.15, 0.2) is 48.8 Å². The van der Waals surface area contributed by atoms with Crippen LogP contribution in [0.5, 0.6) is 0 Å². The maximum atomic E-state index is 2.45. The van der Waals surface area contributed by atoms with Crippen molar-refractivity contribution in [2.45, 2.75) is 123 Å². The van der Waals surface area contributed by atoms with Gasteiger partial charge in [0.2, 0.25) is 0 Å². The number of aromatic nitrogens is 1. The molecule has 0 aliphatic heterocycles. The number of rotatable bonds is 18. The smallest absolute Gasteiger partial charge is 0.173 e. The van der Waals surface area contributed by atoms with E-state index in [1.54, 1.807) is 11.1 Å². The van der Waals surface area contributed by atoms with E-state index in [1.807, 2.05) is 0 Å². The highest BCUT2D eigenvalue weighted by molar-refractivity contribution is 5.22. The Balaban J connectivity index is 1.86. The van der Waals surface area contributed by atoms with Crippen molar-refractivity contribution in [1.29, 1.82) is 0 Å². The second-order valence-electron chi connectivity index (χ2n) is 9.40. The minimum Gasteiger partial charge on any atom is -0.200 e. The fraction of sp³-hybridized carbons (Fsp3) is 0.633. The zero-order valence-electron chi connectivity index (χ0n) is 20.6. The van der Waals surface area contributed by atoms with Gasteiger partial charge in [-0.15, -0.1) is 0 Å². The molecule has 0 aliphatic carbocycles. The lowest BCUT2D eigenvalue weighted by Crippen LogP contribution is -2.34. The Hall–Kier alpha value is -1.63. The third-order valence-corrected chi connectivity index (χ3v) is 6.51. The van der Waals surface area contributed by atoms with Gasteiger partial charge < -0.3 is 0 Å². The number of nitrogens with zero attached hydrogens (tertiary/aromatic N) is 1.